The van der Waals surface area contributed by atoms with Crippen molar-refractivity contribution in [3.8, 4) is 6.07 Å². The smallest absolute Gasteiger partial charge is 0.264 e. The Morgan fingerprint density at radius 3 is 2.85 bits per heavy atom. The molecule has 1 aromatic carbocycles. The fraction of sp³-hybridized carbons (Fsp3) is 0.280. The van der Waals surface area contributed by atoms with Gasteiger partial charge in [-0.3, -0.25) is 14.9 Å². The quantitative estimate of drug-likeness (QED) is 0.421. The first-order chi connectivity index (χ1) is 16.5. The molecule has 0 radical (unpaired) electrons. The van der Waals surface area contributed by atoms with Gasteiger partial charge in [0.15, 0.2) is 5.65 Å². The summed E-state index contributed by atoms with van der Waals surface area (Å²) in [6.45, 7) is 5.63. The molecule has 1 saturated heterocycles. The molecule has 4 aromatic rings. The van der Waals surface area contributed by atoms with Crippen LogP contribution in [0.25, 0.3) is 16.6 Å². The molecule has 0 amide bonds. The molecule has 1 fully saturated rings. The number of nitrogens with zero attached hydrogens (tertiary/aromatic N) is 4. The first-order valence-electron chi connectivity index (χ1n) is 11.2. The maximum absolute atomic E-state index is 13.1. The molecule has 0 saturated carbocycles. The van der Waals surface area contributed by atoms with E-state index in [-0.39, 0.29) is 17.0 Å². The summed E-state index contributed by atoms with van der Waals surface area (Å²) in [5.74, 6) is 0.533. The van der Waals surface area contributed by atoms with E-state index in [0.717, 1.165) is 32.4 Å². The molecule has 3 aromatic heterocycles. The second-order valence-electron chi connectivity index (χ2n) is 9.14. The first-order valence-corrected chi connectivity index (χ1v) is 12.1. The van der Waals surface area contributed by atoms with Crippen molar-refractivity contribution in [2.24, 2.45) is 11.1 Å². The average Bonchev–Trinajstić information content (AvgIpc) is 3.56. The number of nitrogens with one attached hydrogen (secondary N) is 2. The molecule has 1 aliphatic heterocycles. The van der Waals surface area contributed by atoms with Crippen LogP contribution in [0.3, 0.4) is 0 Å². The molecule has 4 heterocycles. The van der Waals surface area contributed by atoms with Crippen LogP contribution in [0.15, 0.2) is 47.1 Å². The summed E-state index contributed by atoms with van der Waals surface area (Å²) < 4.78 is 0. The maximum atomic E-state index is 13.1. The number of nitriles is 1. The molecular weight excluding hydrogens is 446 g/mol. The van der Waals surface area contributed by atoms with Gasteiger partial charge in [0.05, 0.1) is 10.4 Å². The van der Waals surface area contributed by atoms with E-state index in [1.807, 2.05) is 5.38 Å². The average molecular weight is 470 g/mol. The highest BCUT2D eigenvalue weighted by molar-refractivity contribution is 7.11. The van der Waals surface area contributed by atoms with E-state index in [1.54, 1.807) is 6.07 Å². The summed E-state index contributed by atoms with van der Waals surface area (Å²) in [7, 11) is 0. The SMILES string of the molecule is C=C(c1sccc1C#N)c1n[nH]c2nc(N3CCC4(CC3)Cc3ccccc3[C@H]4N)[nH]c(=O)c12. The number of hydrogen-bond donors (Lipinski definition) is 3. The lowest BCUT2D eigenvalue weighted by Gasteiger charge is -2.42. The van der Waals surface area contributed by atoms with Crippen molar-refractivity contribution < 1.29 is 0 Å². The Labute approximate surface area is 199 Å². The van der Waals surface area contributed by atoms with Crippen molar-refractivity contribution in [2.45, 2.75) is 25.3 Å². The van der Waals surface area contributed by atoms with Crippen LogP contribution in [-0.4, -0.2) is 33.3 Å². The third-order valence-electron chi connectivity index (χ3n) is 7.41. The Balaban J connectivity index is 1.27. The zero-order valence-electron chi connectivity index (χ0n) is 18.5. The van der Waals surface area contributed by atoms with Gasteiger partial charge in [-0.2, -0.15) is 15.3 Å². The predicted octanol–water partition coefficient (Wildman–Crippen LogP) is 3.48. The van der Waals surface area contributed by atoms with E-state index in [4.69, 9.17) is 5.73 Å². The van der Waals surface area contributed by atoms with Gasteiger partial charge in [0, 0.05) is 24.7 Å². The van der Waals surface area contributed by atoms with Gasteiger partial charge in [0.2, 0.25) is 5.95 Å². The van der Waals surface area contributed by atoms with E-state index in [1.165, 1.54) is 22.5 Å². The van der Waals surface area contributed by atoms with E-state index in [9.17, 15) is 10.1 Å². The van der Waals surface area contributed by atoms with Crippen LogP contribution in [0.4, 0.5) is 5.95 Å². The third-order valence-corrected chi connectivity index (χ3v) is 8.39. The number of nitrogens with two attached hydrogens (primary N) is 1. The van der Waals surface area contributed by atoms with Crippen LogP contribution >= 0.6 is 11.3 Å². The van der Waals surface area contributed by atoms with Crippen molar-refractivity contribution in [1.82, 2.24) is 20.2 Å². The fourth-order valence-electron chi connectivity index (χ4n) is 5.50. The van der Waals surface area contributed by atoms with Gasteiger partial charge in [-0.1, -0.05) is 30.8 Å². The monoisotopic (exact) mass is 469 g/mol. The van der Waals surface area contributed by atoms with Crippen LogP contribution in [0.5, 0.6) is 0 Å². The van der Waals surface area contributed by atoms with Crippen molar-refractivity contribution in [3.05, 3.63) is 79.9 Å². The van der Waals surface area contributed by atoms with Crippen LogP contribution in [0.2, 0.25) is 0 Å². The van der Waals surface area contributed by atoms with Crippen LogP contribution in [0.1, 0.15) is 46.1 Å². The number of hydrogen-bond acceptors (Lipinski definition) is 7. The molecule has 9 heteroatoms. The normalized spacial score (nSPS) is 18.8. The summed E-state index contributed by atoms with van der Waals surface area (Å²) >= 11 is 1.40. The topological polar surface area (TPSA) is 127 Å². The third kappa shape index (κ3) is 3.03. The minimum Gasteiger partial charge on any atom is -0.342 e. The largest absolute Gasteiger partial charge is 0.342 e. The maximum Gasteiger partial charge on any atom is 0.264 e. The van der Waals surface area contributed by atoms with Crippen molar-refractivity contribution in [2.75, 3.05) is 18.0 Å². The van der Waals surface area contributed by atoms with Crippen molar-refractivity contribution in [3.63, 3.8) is 0 Å². The molecule has 170 valence electrons. The fourth-order valence-corrected chi connectivity index (χ4v) is 6.32. The number of anilines is 1. The molecule has 0 bridgehead atoms. The minimum atomic E-state index is -0.273. The molecule has 1 aliphatic carbocycles. The highest BCUT2D eigenvalue weighted by atomic mass is 32.1. The van der Waals surface area contributed by atoms with Crippen molar-refractivity contribution >= 4 is 33.9 Å². The highest BCUT2D eigenvalue weighted by Gasteiger charge is 2.46. The Bertz CT molecular complexity index is 1530. The molecule has 6 rings (SSSR count). The lowest BCUT2D eigenvalue weighted by Crippen LogP contribution is -2.45. The van der Waals surface area contributed by atoms with Crippen LogP contribution in [0, 0.1) is 16.7 Å². The molecule has 8 nitrogen and oxygen atoms in total. The number of piperidine rings is 1. The zero-order chi connectivity index (χ0) is 23.4. The summed E-state index contributed by atoms with van der Waals surface area (Å²) in [6, 6.07) is 12.4. The number of rotatable bonds is 3. The number of thiophene rings is 1. The number of benzene rings is 1. The van der Waals surface area contributed by atoms with Gasteiger partial charge in [-0.15, -0.1) is 11.3 Å². The Morgan fingerprint density at radius 2 is 2.09 bits per heavy atom. The zero-order valence-corrected chi connectivity index (χ0v) is 19.3. The highest BCUT2D eigenvalue weighted by Crippen LogP contribution is 2.50. The summed E-state index contributed by atoms with van der Waals surface area (Å²) in [5.41, 5.74) is 11.0. The molecule has 4 N–H and O–H groups in total. The van der Waals surface area contributed by atoms with E-state index in [2.05, 4.69) is 62.0 Å². The summed E-state index contributed by atoms with van der Waals surface area (Å²) in [6.07, 6.45) is 2.87. The molecule has 1 atom stereocenters. The lowest BCUT2D eigenvalue weighted by atomic mass is 9.73. The van der Waals surface area contributed by atoms with Crippen molar-refractivity contribution in [1.29, 1.82) is 5.26 Å². The molecule has 34 heavy (non-hydrogen) atoms. The van der Waals surface area contributed by atoms with Gasteiger partial charge in [0.1, 0.15) is 17.1 Å². The minimum absolute atomic E-state index is 0.0390. The lowest BCUT2D eigenvalue weighted by molar-refractivity contribution is 0.187. The molecule has 0 unspecified atom stereocenters. The van der Waals surface area contributed by atoms with Gasteiger partial charge in [-0.25, -0.2) is 0 Å². The van der Waals surface area contributed by atoms with Gasteiger partial charge < -0.3 is 10.6 Å². The van der Waals surface area contributed by atoms with Gasteiger partial charge in [-0.05, 0) is 47.3 Å². The van der Waals surface area contributed by atoms with Crippen LogP contribution < -0.4 is 16.2 Å². The molecule has 1 spiro atoms. The summed E-state index contributed by atoms with van der Waals surface area (Å²) in [5, 5.41) is 18.7. The second-order valence-corrected chi connectivity index (χ2v) is 10.1. The van der Waals surface area contributed by atoms with Gasteiger partial charge in [0.25, 0.3) is 5.56 Å². The number of aromatic amines is 2. The van der Waals surface area contributed by atoms with E-state index >= 15 is 0 Å². The van der Waals surface area contributed by atoms with Gasteiger partial charge >= 0.3 is 0 Å². The Hall–Kier alpha value is -3.74. The molecule has 2 aliphatic rings. The number of fused-ring (bicyclic) bond motifs is 2. The number of aromatic nitrogens is 4. The Morgan fingerprint density at radius 1 is 1.29 bits per heavy atom. The summed E-state index contributed by atoms with van der Waals surface area (Å²) in [4.78, 5) is 23.5. The standard InChI is InChI=1S/C25H23N7OS/c1-14(20-16(13-26)6-11-34-20)19-18-22(31-30-19)28-24(29-23(18)33)32-9-7-25(8-10-32)12-15-4-2-3-5-17(15)21(25)27/h2-6,11,21H,1,7-10,12,27H2,(H2,28,29,30,31,33)/t21-/m1/s1. The van der Waals surface area contributed by atoms with Crippen LogP contribution in [-0.2, 0) is 6.42 Å². The first kappa shape index (κ1) is 20.8. The molecular formula is C25H23N7OS. The van der Waals surface area contributed by atoms with E-state index < -0.39 is 0 Å². The van der Waals surface area contributed by atoms with E-state index in [0.29, 0.717) is 38.7 Å². The Kier molecular flexibility index (Phi) is 4.69. The predicted molar refractivity (Wildman–Crippen MR) is 133 cm³/mol. The number of H-pyrrole nitrogens is 2. The second kappa shape index (κ2) is 7.65.